The lowest BCUT2D eigenvalue weighted by Crippen LogP contribution is -2.41. The van der Waals surface area contributed by atoms with E-state index in [1.165, 1.54) is 0 Å². The first-order valence-corrected chi connectivity index (χ1v) is 12.4. The Morgan fingerprint density at radius 1 is 0.917 bits per heavy atom. The van der Waals surface area contributed by atoms with Crippen LogP contribution < -0.4 is 10.9 Å². The van der Waals surface area contributed by atoms with Crippen molar-refractivity contribution in [2.45, 2.75) is 104 Å². The monoisotopic (exact) mass is 502 g/mol. The van der Waals surface area contributed by atoms with Crippen molar-refractivity contribution in [3.63, 3.8) is 0 Å². The Labute approximate surface area is 215 Å². The van der Waals surface area contributed by atoms with E-state index in [1.54, 1.807) is 50.2 Å². The van der Waals surface area contributed by atoms with Crippen molar-refractivity contribution >= 4 is 31.1 Å². The zero-order valence-electron chi connectivity index (χ0n) is 23.5. The molecule has 36 heavy (non-hydrogen) atoms. The lowest BCUT2D eigenvalue weighted by atomic mass is 9.82. The molecule has 0 aromatic carbocycles. The largest absolute Gasteiger partial charge is 0.498 e. The molecule has 2 aliphatic heterocycles. The summed E-state index contributed by atoms with van der Waals surface area (Å²) in [6, 6.07) is 0. The van der Waals surface area contributed by atoms with Crippen molar-refractivity contribution in [2.75, 3.05) is 6.61 Å². The van der Waals surface area contributed by atoms with Gasteiger partial charge in [-0.2, -0.15) is 10.2 Å². The summed E-state index contributed by atoms with van der Waals surface area (Å²) >= 11 is 0. The number of esters is 1. The Kier molecular flexibility index (Phi) is 7.60. The van der Waals surface area contributed by atoms with Crippen LogP contribution in [0.1, 0.15) is 76.2 Å². The molecule has 12 heteroatoms. The number of aromatic nitrogens is 4. The number of nitrogens with one attached hydrogen (secondary N) is 1. The van der Waals surface area contributed by atoms with Crippen molar-refractivity contribution in [3.05, 3.63) is 24.8 Å². The lowest BCUT2D eigenvalue weighted by Gasteiger charge is -2.32. The van der Waals surface area contributed by atoms with E-state index in [1.807, 2.05) is 55.4 Å². The van der Waals surface area contributed by atoms with Crippen LogP contribution in [0, 0.1) is 0 Å². The number of hydrogen-bond donors (Lipinski definition) is 1. The van der Waals surface area contributed by atoms with E-state index in [9.17, 15) is 4.79 Å². The third-order valence-corrected chi connectivity index (χ3v) is 7.52. The highest BCUT2D eigenvalue weighted by molar-refractivity contribution is 6.62. The first-order valence-electron chi connectivity index (χ1n) is 12.4. The van der Waals surface area contributed by atoms with Crippen LogP contribution in [0.15, 0.2) is 24.8 Å². The number of hydrogen-bond acceptors (Lipinski definition) is 8. The molecule has 0 aliphatic carbocycles. The predicted octanol–water partition coefficient (Wildman–Crippen LogP) is 2.19. The number of H-pyrrole nitrogens is 1. The normalized spacial score (nSPS) is 21.8. The van der Waals surface area contributed by atoms with Crippen LogP contribution in [0.3, 0.4) is 0 Å². The van der Waals surface area contributed by atoms with Crippen LogP contribution in [0.25, 0.3) is 0 Å². The molecule has 2 fully saturated rings. The zero-order valence-corrected chi connectivity index (χ0v) is 23.5. The zero-order chi connectivity index (χ0) is 27.2. The summed E-state index contributed by atoms with van der Waals surface area (Å²) in [6.45, 7) is 21.8. The number of carbonyl (C=O) groups is 1. The maximum absolute atomic E-state index is 12.1. The molecule has 0 bridgehead atoms. The predicted molar refractivity (Wildman–Crippen MR) is 138 cm³/mol. The van der Waals surface area contributed by atoms with E-state index in [2.05, 4.69) is 15.3 Å². The molecule has 10 nitrogen and oxygen atoms in total. The Morgan fingerprint density at radius 3 is 1.81 bits per heavy atom. The molecule has 0 unspecified atom stereocenters. The van der Waals surface area contributed by atoms with Gasteiger partial charge in [-0.25, -0.2) is 4.79 Å². The van der Waals surface area contributed by atoms with E-state index in [0.717, 1.165) is 10.9 Å². The molecule has 198 valence electrons. The van der Waals surface area contributed by atoms with Crippen LogP contribution in [-0.2, 0) is 33.7 Å². The van der Waals surface area contributed by atoms with E-state index in [4.69, 9.17) is 23.4 Å². The van der Waals surface area contributed by atoms with E-state index < -0.39 is 23.9 Å². The highest BCUT2D eigenvalue weighted by atomic mass is 16.7. The van der Waals surface area contributed by atoms with Crippen LogP contribution in [0.4, 0.5) is 0 Å². The summed E-state index contributed by atoms with van der Waals surface area (Å²) in [5.41, 5.74) is -0.533. The molecule has 2 saturated heterocycles. The average Bonchev–Trinajstić information content (AvgIpc) is 3.50. The molecule has 4 rings (SSSR count). The van der Waals surface area contributed by atoms with Gasteiger partial charge in [-0.1, -0.05) is 0 Å². The van der Waals surface area contributed by atoms with Crippen LogP contribution >= 0.6 is 0 Å². The third kappa shape index (κ3) is 5.41. The number of nitrogens with zero attached hydrogens (tertiary/aromatic N) is 3. The number of carbonyl (C=O) groups excluding carboxylic acids is 1. The van der Waals surface area contributed by atoms with Crippen molar-refractivity contribution < 1.29 is 28.1 Å². The fourth-order valence-corrected chi connectivity index (χ4v) is 3.51. The molecule has 2 aliphatic rings. The van der Waals surface area contributed by atoms with Gasteiger partial charge in [0.1, 0.15) is 0 Å². The van der Waals surface area contributed by atoms with Gasteiger partial charge in [-0.3, -0.25) is 9.78 Å². The van der Waals surface area contributed by atoms with Gasteiger partial charge in [0.25, 0.3) is 0 Å². The smallest absolute Gasteiger partial charge is 0.464 e. The molecule has 0 saturated carbocycles. The molecule has 0 spiro atoms. The van der Waals surface area contributed by atoms with E-state index in [0.29, 0.717) is 6.61 Å². The molecular formula is C24H40B2N4O6. The Bertz CT molecular complexity index is 1020. The summed E-state index contributed by atoms with van der Waals surface area (Å²) in [6.07, 6.45) is 6.96. The second-order valence-electron chi connectivity index (χ2n) is 11.7. The molecule has 0 amide bonds. The Morgan fingerprint density at radius 2 is 1.39 bits per heavy atom. The molecule has 1 N–H and O–H groups in total. The second-order valence-corrected chi connectivity index (χ2v) is 11.7. The summed E-state index contributed by atoms with van der Waals surface area (Å²) in [7, 11) is -0.796. The van der Waals surface area contributed by atoms with Gasteiger partial charge >= 0.3 is 20.2 Å². The van der Waals surface area contributed by atoms with Crippen molar-refractivity contribution in [1.29, 1.82) is 0 Å². The van der Waals surface area contributed by atoms with E-state index in [-0.39, 0.29) is 24.3 Å². The first kappa shape index (κ1) is 28.4. The van der Waals surface area contributed by atoms with Crippen molar-refractivity contribution in [2.24, 2.45) is 0 Å². The molecule has 2 aromatic heterocycles. The molecule has 2 aromatic rings. The van der Waals surface area contributed by atoms with Gasteiger partial charge in [0.05, 0.1) is 29.0 Å². The summed E-state index contributed by atoms with van der Waals surface area (Å²) < 4.78 is 30.3. The molecule has 4 heterocycles. The van der Waals surface area contributed by atoms with Gasteiger partial charge in [0.15, 0.2) is 5.54 Å². The average molecular weight is 502 g/mol. The SMILES string of the molecule is CC1(C)OB(c2cn[nH]c2)OC1(C)C.CCOC(=O)C(C)(C)n1cc(B2OC(C)(C)C(C)(C)O2)cn1. The van der Waals surface area contributed by atoms with Gasteiger partial charge < -0.3 is 23.4 Å². The Balaban J connectivity index is 0.000000221. The second kappa shape index (κ2) is 9.63. The van der Waals surface area contributed by atoms with Crippen molar-refractivity contribution in [3.8, 4) is 0 Å². The first-order chi connectivity index (χ1) is 16.4. The van der Waals surface area contributed by atoms with Gasteiger partial charge in [-0.05, 0) is 76.2 Å². The maximum atomic E-state index is 12.1. The summed E-state index contributed by atoms with van der Waals surface area (Å²) in [5, 5.41) is 10.9. The highest BCUT2D eigenvalue weighted by Crippen LogP contribution is 2.37. The fraction of sp³-hybridized carbons (Fsp3) is 0.708. The van der Waals surface area contributed by atoms with Gasteiger partial charge in [0.2, 0.25) is 0 Å². The molecular weight excluding hydrogens is 462 g/mol. The maximum Gasteiger partial charge on any atom is 0.498 e. The molecule has 0 atom stereocenters. The Hall–Kier alpha value is -2.14. The van der Waals surface area contributed by atoms with Crippen LogP contribution in [-0.4, -0.2) is 69.2 Å². The number of aromatic amines is 1. The molecule has 0 radical (unpaired) electrons. The lowest BCUT2D eigenvalue weighted by molar-refractivity contribution is -0.152. The third-order valence-electron chi connectivity index (χ3n) is 7.52. The number of ether oxygens (including phenoxy) is 1. The van der Waals surface area contributed by atoms with Crippen molar-refractivity contribution in [1.82, 2.24) is 20.0 Å². The van der Waals surface area contributed by atoms with E-state index >= 15 is 0 Å². The quantitative estimate of drug-likeness (QED) is 0.490. The number of rotatable bonds is 5. The standard InChI is InChI=1S/C15H25BN2O4.C9H15BN2O2/c1-8-20-12(19)13(2,3)18-10-11(9-17-18)16-21-14(4,5)15(6,7)22-16;1-8(2)9(3,4)14-10(13-8)7-5-11-12-6-7/h9-10H,8H2,1-7H3;5-6H,1-4H3,(H,11,12). The topological polar surface area (TPSA) is 110 Å². The van der Waals surface area contributed by atoms with Crippen LogP contribution in [0.2, 0.25) is 0 Å². The summed E-state index contributed by atoms with van der Waals surface area (Å²) in [5.74, 6) is -0.321. The van der Waals surface area contributed by atoms with Gasteiger partial charge in [0, 0.05) is 35.7 Å². The fourth-order valence-electron chi connectivity index (χ4n) is 3.51. The highest BCUT2D eigenvalue weighted by Gasteiger charge is 2.53. The minimum atomic E-state index is -0.877. The minimum Gasteiger partial charge on any atom is -0.464 e. The minimum absolute atomic E-state index is 0.283. The van der Waals surface area contributed by atoms with Crippen LogP contribution in [0.5, 0.6) is 0 Å². The summed E-state index contributed by atoms with van der Waals surface area (Å²) in [4.78, 5) is 12.1. The van der Waals surface area contributed by atoms with Gasteiger partial charge in [-0.15, -0.1) is 0 Å².